The highest BCUT2D eigenvalue weighted by Gasteiger charge is 2.13. The first-order valence-corrected chi connectivity index (χ1v) is 5.73. The zero-order valence-electron chi connectivity index (χ0n) is 9.02. The van der Waals surface area contributed by atoms with Crippen molar-refractivity contribution in [2.24, 2.45) is 5.92 Å². The van der Waals surface area contributed by atoms with Gasteiger partial charge in [-0.1, -0.05) is 12.1 Å². The molecule has 0 saturated heterocycles. The van der Waals surface area contributed by atoms with Gasteiger partial charge in [-0.3, -0.25) is 4.79 Å². The minimum absolute atomic E-state index is 0.104. The van der Waals surface area contributed by atoms with E-state index in [4.69, 9.17) is 4.52 Å². The molecule has 0 saturated carbocycles. The smallest absolute Gasteiger partial charge is 0.309 e. The molecule has 0 spiro atoms. The zero-order chi connectivity index (χ0) is 11.3. The third kappa shape index (κ3) is 3.91. The largest absolute Gasteiger partial charge is 0.469 e. The van der Waals surface area contributed by atoms with Gasteiger partial charge in [-0.25, -0.2) is 0 Å². The number of hydrogen-bond donors (Lipinski definition) is 0. The molecule has 1 aromatic heterocycles. The molecular weight excluding hydrogens is 216 g/mol. The Kier molecular flexibility index (Phi) is 4.61. The van der Waals surface area contributed by atoms with Crippen molar-refractivity contribution in [3.05, 3.63) is 11.7 Å². The lowest BCUT2D eigenvalue weighted by atomic mass is 10.2. The number of carbonyl (C=O) groups is 1. The van der Waals surface area contributed by atoms with Crippen molar-refractivity contribution in [1.82, 2.24) is 10.1 Å². The Morgan fingerprint density at radius 3 is 2.93 bits per heavy atom. The Balaban J connectivity index is 2.24. The number of ether oxygens (including phenoxy) is 1. The van der Waals surface area contributed by atoms with Gasteiger partial charge >= 0.3 is 5.97 Å². The molecule has 0 amide bonds. The van der Waals surface area contributed by atoms with Gasteiger partial charge in [-0.15, -0.1) is 0 Å². The summed E-state index contributed by atoms with van der Waals surface area (Å²) < 4.78 is 9.44. The molecule has 6 heteroatoms. The number of aryl methyl sites for hydroxylation is 1. The van der Waals surface area contributed by atoms with Crippen LogP contribution in [0.25, 0.3) is 0 Å². The van der Waals surface area contributed by atoms with Crippen molar-refractivity contribution in [2.75, 3.05) is 12.9 Å². The molecule has 0 aliphatic heterocycles. The summed E-state index contributed by atoms with van der Waals surface area (Å²) >= 11 is 1.59. The molecule has 0 bridgehead atoms. The van der Waals surface area contributed by atoms with Crippen LogP contribution in [-0.4, -0.2) is 29.0 Å². The predicted molar refractivity (Wildman–Crippen MR) is 56.4 cm³/mol. The third-order valence-corrected chi connectivity index (χ3v) is 2.97. The minimum atomic E-state index is -0.188. The lowest BCUT2D eigenvalue weighted by molar-refractivity contribution is -0.143. The van der Waals surface area contributed by atoms with Gasteiger partial charge in [0, 0.05) is 12.7 Å². The lowest BCUT2D eigenvalue weighted by Gasteiger charge is -2.06. The van der Waals surface area contributed by atoms with Gasteiger partial charge in [0.1, 0.15) is 0 Å². The highest BCUT2D eigenvalue weighted by molar-refractivity contribution is 7.98. The number of nitrogens with zero attached hydrogens (tertiary/aromatic N) is 2. The van der Waals surface area contributed by atoms with Gasteiger partial charge in [-0.05, 0) is 0 Å². The fraction of sp³-hybridized carbons (Fsp3) is 0.667. The van der Waals surface area contributed by atoms with Crippen LogP contribution in [0.3, 0.4) is 0 Å². The summed E-state index contributed by atoms with van der Waals surface area (Å²) in [4.78, 5) is 15.1. The van der Waals surface area contributed by atoms with Crippen LogP contribution in [0.15, 0.2) is 4.52 Å². The Morgan fingerprint density at radius 2 is 2.40 bits per heavy atom. The van der Waals surface area contributed by atoms with Crippen LogP contribution in [-0.2, 0) is 15.3 Å². The summed E-state index contributed by atoms with van der Waals surface area (Å²) in [6, 6.07) is 0. The van der Waals surface area contributed by atoms with Gasteiger partial charge in [0.2, 0.25) is 5.89 Å². The van der Waals surface area contributed by atoms with Crippen LogP contribution in [0.5, 0.6) is 0 Å². The summed E-state index contributed by atoms with van der Waals surface area (Å²) in [5.41, 5.74) is 0. The maximum absolute atomic E-state index is 11.1. The van der Waals surface area contributed by atoms with E-state index in [2.05, 4.69) is 14.9 Å². The number of thioether (sulfide) groups is 1. The fourth-order valence-electron chi connectivity index (χ4n) is 0.996. The van der Waals surface area contributed by atoms with Crippen LogP contribution < -0.4 is 0 Å². The monoisotopic (exact) mass is 230 g/mol. The second-order valence-electron chi connectivity index (χ2n) is 3.17. The summed E-state index contributed by atoms with van der Waals surface area (Å²) in [6.45, 7) is 3.58. The number of esters is 1. The topological polar surface area (TPSA) is 65.2 Å². The molecule has 1 heterocycles. The van der Waals surface area contributed by atoms with E-state index in [0.717, 1.165) is 0 Å². The fourth-order valence-corrected chi connectivity index (χ4v) is 1.90. The average Bonchev–Trinajstić information content (AvgIpc) is 2.63. The summed E-state index contributed by atoms with van der Waals surface area (Å²) in [5, 5.41) is 3.75. The van der Waals surface area contributed by atoms with Crippen molar-refractivity contribution >= 4 is 17.7 Å². The predicted octanol–water partition coefficient (Wildman–Crippen LogP) is 1.42. The first-order chi connectivity index (χ1) is 7.13. The van der Waals surface area contributed by atoms with Gasteiger partial charge in [0.25, 0.3) is 0 Å². The number of methoxy groups -OCH3 is 1. The SMILES string of the molecule is COC(=O)C(C)CSCc1noc(C)n1. The molecule has 1 aromatic rings. The van der Waals surface area contributed by atoms with E-state index in [1.54, 1.807) is 18.7 Å². The average molecular weight is 230 g/mol. The minimum Gasteiger partial charge on any atom is -0.469 e. The van der Waals surface area contributed by atoms with E-state index in [9.17, 15) is 4.79 Å². The molecule has 5 nitrogen and oxygen atoms in total. The Bertz CT molecular complexity index is 327. The molecule has 1 unspecified atom stereocenters. The molecule has 84 valence electrons. The normalized spacial score (nSPS) is 12.5. The summed E-state index contributed by atoms with van der Waals surface area (Å²) in [5.74, 6) is 2.28. The van der Waals surface area contributed by atoms with Crippen molar-refractivity contribution in [3.63, 3.8) is 0 Å². The van der Waals surface area contributed by atoms with Crippen molar-refractivity contribution in [2.45, 2.75) is 19.6 Å². The molecule has 15 heavy (non-hydrogen) atoms. The van der Waals surface area contributed by atoms with Gasteiger partial charge in [0.05, 0.1) is 18.8 Å². The van der Waals surface area contributed by atoms with E-state index in [1.807, 2.05) is 6.92 Å². The van der Waals surface area contributed by atoms with E-state index in [1.165, 1.54) is 7.11 Å². The molecule has 0 aliphatic rings. The molecular formula is C9H14N2O3S. The van der Waals surface area contributed by atoms with Crippen LogP contribution in [0.1, 0.15) is 18.6 Å². The number of aromatic nitrogens is 2. The second-order valence-corrected chi connectivity index (χ2v) is 4.20. The van der Waals surface area contributed by atoms with Crippen molar-refractivity contribution in [1.29, 1.82) is 0 Å². The molecule has 1 rings (SSSR count). The second kappa shape index (κ2) is 5.75. The quantitative estimate of drug-likeness (QED) is 0.713. The Labute approximate surface area is 92.6 Å². The molecule has 1 atom stereocenters. The number of carbonyl (C=O) groups excluding carboxylic acids is 1. The molecule has 0 aromatic carbocycles. The molecule has 0 N–H and O–H groups in total. The van der Waals surface area contributed by atoms with E-state index in [0.29, 0.717) is 23.2 Å². The highest BCUT2D eigenvalue weighted by Crippen LogP contribution is 2.14. The first kappa shape index (κ1) is 12.0. The van der Waals surface area contributed by atoms with Crippen LogP contribution in [0, 0.1) is 12.8 Å². The standard InChI is InChI=1S/C9H14N2O3S/c1-6(9(12)13-3)4-15-5-8-10-7(2)14-11-8/h6H,4-5H2,1-3H3. The zero-order valence-corrected chi connectivity index (χ0v) is 9.84. The third-order valence-electron chi connectivity index (χ3n) is 1.77. The Morgan fingerprint density at radius 1 is 1.67 bits per heavy atom. The number of rotatable bonds is 5. The number of hydrogen-bond acceptors (Lipinski definition) is 6. The lowest BCUT2D eigenvalue weighted by Crippen LogP contribution is -2.14. The van der Waals surface area contributed by atoms with Gasteiger partial charge in [-0.2, -0.15) is 16.7 Å². The van der Waals surface area contributed by atoms with Crippen molar-refractivity contribution in [3.8, 4) is 0 Å². The van der Waals surface area contributed by atoms with Crippen molar-refractivity contribution < 1.29 is 14.1 Å². The maximum Gasteiger partial charge on any atom is 0.309 e. The van der Waals surface area contributed by atoms with E-state index in [-0.39, 0.29) is 11.9 Å². The van der Waals surface area contributed by atoms with Crippen LogP contribution in [0.2, 0.25) is 0 Å². The first-order valence-electron chi connectivity index (χ1n) is 4.58. The van der Waals surface area contributed by atoms with Crippen LogP contribution in [0.4, 0.5) is 0 Å². The molecule has 0 radical (unpaired) electrons. The summed E-state index contributed by atoms with van der Waals surface area (Å²) in [6.07, 6.45) is 0. The van der Waals surface area contributed by atoms with Gasteiger partial charge < -0.3 is 9.26 Å². The van der Waals surface area contributed by atoms with E-state index >= 15 is 0 Å². The highest BCUT2D eigenvalue weighted by atomic mass is 32.2. The Hall–Kier alpha value is -1.04. The molecule has 0 fully saturated rings. The van der Waals surface area contributed by atoms with E-state index < -0.39 is 0 Å². The summed E-state index contributed by atoms with van der Waals surface area (Å²) in [7, 11) is 1.39. The van der Waals surface area contributed by atoms with Crippen LogP contribution >= 0.6 is 11.8 Å². The van der Waals surface area contributed by atoms with Gasteiger partial charge in [0.15, 0.2) is 5.82 Å². The molecule has 0 aliphatic carbocycles. The maximum atomic E-state index is 11.1.